The minimum absolute atomic E-state index is 0.0494. The average molecular weight is 399 g/mol. The quantitative estimate of drug-likeness (QED) is 0.732. The fraction of sp³-hybridized carbons (Fsp3) is 0.294. The highest BCUT2D eigenvalue weighted by Crippen LogP contribution is 2.27. The van der Waals surface area contributed by atoms with Crippen molar-refractivity contribution in [3.05, 3.63) is 53.6 Å². The van der Waals surface area contributed by atoms with Gasteiger partial charge in [-0.15, -0.1) is 0 Å². The van der Waals surface area contributed by atoms with Crippen LogP contribution in [0.5, 0.6) is 5.75 Å². The van der Waals surface area contributed by atoms with Crippen LogP contribution in [0.15, 0.2) is 52.3 Å². The van der Waals surface area contributed by atoms with Gasteiger partial charge in [-0.1, -0.05) is 24.3 Å². The molecular weight excluding hydrogens is 376 g/mol. The molecule has 26 heavy (non-hydrogen) atoms. The molecule has 2 aromatic rings. The van der Waals surface area contributed by atoms with Gasteiger partial charge in [0.05, 0.1) is 12.0 Å². The maximum atomic E-state index is 12.6. The second-order valence-electron chi connectivity index (χ2n) is 5.94. The lowest BCUT2D eigenvalue weighted by molar-refractivity contribution is 0.401. The van der Waals surface area contributed by atoms with Crippen molar-refractivity contribution in [1.82, 2.24) is 4.72 Å². The Labute approximate surface area is 154 Å². The Hall–Kier alpha value is -1.94. The molecule has 0 heterocycles. The number of benzene rings is 2. The molecule has 0 aliphatic heterocycles. The zero-order valence-corrected chi connectivity index (χ0v) is 16.4. The van der Waals surface area contributed by atoms with Crippen LogP contribution in [-0.2, 0) is 26.4 Å². The van der Waals surface area contributed by atoms with Crippen molar-refractivity contribution in [2.75, 3.05) is 13.4 Å². The maximum Gasteiger partial charge on any atom is 0.244 e. The second kappa shape index (κ2) is 7.75. The highest BCUT2D eigenvalue weighted by molar-refractivity contribution is 7.91. The number of hydrogen-bond donors (Lipinski definition) is 2. The summed E-state index contributed by atoms with van der Waals surface area (Å²) in [5, 5.41) is 0. The lowest BCUT2D eigenvalue weighted by Crippen LogP contribution is -2.24. The predicted molar refractivity (Wildman–Crippen MR) is 99.2 cm³/mol. The van der Waals surface area contributed by atoms with Crippen LogP contribution in [0.1, 0.15) is 24.1 Å². The molecule has 0 aliphatic carbocycles. The van der Waals surface area contributed by atoms with Crippen molar-refractivity contribution >= 4 is 19.9 Å². The minimum atomic E-state index is -3.97. The Morgan fingerprint density at radius 3 is 2.19 bits per heavy atom. The molecule has 0 amide bonds. The lowest BCUT2D eigenvalue weighted by Gasteiger charge is -2.12. The van der Waals surface area contributed by atoms with Crippen LogP contribution < -0.4 is 15.2 Å². The van der Waals surface area contributed by atoms with Crippen LogP contribution in [0, 0.1) is 0 Å². The summed E-state index contributed by atoms with van der Waals surface area (Å²) in [7, 11) is -6.20. The van der Waals surface area contributed by atoms with Crippen LogP contribution in [0.25, 0.3) is 0 Å². The monoisotopic (exact) mass is 398 g/mol. The maximum absolute atomic E-state index is 12.6. The first-order valence-corrected chi connectivity index (χ1v) is 11.1. The van der Waals surface area contributed by atoms with Crippen LogP contribution in [0.2, 0.25) is 0 Å². The van der Waals surface area contributed by atoms with Gasteiger partial charge in [-0.25, -0.2) is 21.6 Å². The van der Waals surface area contributed by atoms with Crippen molar-refractivity contribution in [2.24, 2.45) is 5.73 Å². The van der Waals surface area contributed by atoms with Crippen LogP contribution >= 0.6 is 0 Å². The summed E-state index contributed by atoms with van der Waals surface area (Å²) in [6, 6.07) is 10.8. The average Bonchev–Trinajstić information content (AvgIpc) is 2.59. The molecule has 0 spiro atoms. The van der Waals surface area contributed by atoms with Gasteiger partial charge < -0.3 is 10.5 Å². The number of sulfone groups is 1. The zero-order chi connectivity index (χ0) is 19.5. The van der Waals surface area contributed by atoms with E-state index in [9.17, 15) is 16.8 Å². The number of nitrogens with one attached hydrogen (secondary N) is 1. The first-order valence-electron chi connectivity index (χ1n) is 7.77. The Morgan fingerprint density at radius 1 is 1.08 bits per heavy atom. The molecule has 0 radical (unpaired) electrons. The summed E-state index contributed by atoms with van der Waals surface area (Å²) < 4.78 is 56.2. The third-order valence-electron chi connectivity index (χ3n) is 3.82. The number of nitrogens with two attached hydrogens (primary N) is 1. The first kappa shape index (κ1) is 20.4. The van der Waals surface area contributed by atoms with E-state index in [1.807, 2.05) is 19.1 Å². The third-order valence-corrected chi connectivity index (χ3v) is 6.36. The largest absolute Gasteiger partial charge is 0.495 e. The van der Waals surface area contributed by atoms with Gasteiger partial charge in [0.25, 0.3) is 0 Å². The van der Waals surface area contributed by atoms with Crippen molar-refractivity contribution in [3.63, 3.8) is 0 Å². The molecule has 2 rings (SSSR count). The van der Waals surface area contributed by atoms with Crippen LogP contribution in [0.4, 0.5) is 0 Å². The van der Waals surface area contributed by atoms with Gasteiger partial charge in [-0.05, 0) is 36.2 Å². The number of hydrogen-bond acceptors (Lipinski definition) is 6. The fourth-order valence-corrected chi connectivity index (χ4v) is 4.23. The van der Waals surface area contributed by atoms with Gasteiger partial charge in [-0.2, -0.15) is 0 Å². The second-order valence-corrected chi connectivity index (χ2v) is 9.69. The zero-order valence-electron chi connectivity index (χ0n) is 14.8. The third kappa shape index (κ3) is 4.82. The molecule has 3 N–H and O–H groups in total. The summed E-state index contributed by atoms with van der Waals surface area (Å²) >= 11 is 0. The molecule has 9 heteroatoms. The highest BCUT2D eigenvalue weighted by Gasteiger charge is 2.22. The van der Waals surface area contributed by atoms with Crippen molar-refractivity contribution in [2.45, 2.75) is 29.3 Å². The van der Waals surface area contributed by atoms with E-state index in [2.05, 4.69) is 4.72 Å². The molecule has 0 bridgehead atoms. The van der Waals surface area contributed by atoms with E-state index in [-0.39, 0.29) is 28.1 Å². The number of ether oxygens (including phenoxy) is 1. The SMILES string of the molecule is COc1ccc(S(C)(=O)=O)cc1S(=O)(=O)NCc1ccc(C(C)N)cc1. The molecule has 0 saturated carbocycles. The van der Waals surface area contributed by atoms with Gasteiger partial charge in [0.15, 0.2) is 9.84 Å². The molecule has 1 unspecified atom stereocenters. The summed E-state index contributed by atoms with van der Waals surface area (Å²) in [4.78, 5) is -0.324. The predicted octanol–water partition coefficient (Wildman–Crippen LogP) is 1.60. The van der Waals surface area contributed by atoms with E-state index >= 15 is 0 Å². The van der Waals surface area contributed by atoms with Crippen molar-refractivity contribution < 1.29 is 21.6 Å². The molecule has 142 valence electrons. The van der Waals surface area contributed by atoms with Gasteiger partial charge in [-0.3, -0.25) is 0 Å². The smallest absolute Gasteiger partial charge is 0.244 e. The van der Waals surface area contributed by atoms with E-state index in [1.54, 1.807) is 12.1 Å². The molecule has 0 aromatic heterocycles. The Morgan fingerprint density at radius 2 is 1.69 bits per heavy atom. The first-order chi connectivity index (χ1) is 12.0. The molecule has 0 saturated heterocycles. The van der Waals surface area contributed by atoms with Crippen molar-refractivity contribution in [3.8, 4) is 5.75 Å². The Kier molecular flexibility index (Phi) is 6.07. The van der Waals surface area contributed by atoms with Crippen LogP contribution in [0.3, 0.4) is 0 Å². The van der Waals surface area contributed by atoms with E-state index in [0.29, 0.717) is 0 Å². The number of sulfonamides is 1. The molecule has 1 atom stereocenters. The summed E-state index contributed by atoms with van der Waals surface area (Å²) in [5.74, 6) is 0.0669. The van der Waals surface area contributed by atoms with Gasteiger partial charge in [0.1, 0.15) is 10.6 Å². The van der Waals surface area contributed by atoms with E-state index in [1.165, 1.54) is 19.2 Å². The van der Waals surface area contributed by atoms with E-state index in [4.69, 9.17) is 10.5 Å². The van der Waals surface area contributed by atoms with Gasteiger partial charge >= 0.3 is 0 Å². The summed E-state index contributed by atoms with van der Waals surface area (Å²) in [6.07, 6.45) is 1.01. The molecule has 0 aliphatic rings. The van der Waals surface area contributed by atoms with Crippen LogP contribution in [-0.4, -0.2) is 30.2 Å². The molecular formula is C17H22N2O5S2. The van der Waals surface area contributed by atoms with E-state index < -0.39 is 19.9 Å². The lowest BCUT2D eigenvalue weighted by atomic mass is 10.1. The molecule has 2 aromatic carbocycles. The Balaban J connectivity index is 2.29. The summed E-state index contributed by atoms with van der Waals surface area (Å²) in [5.41, 5.74) is 7.48. The minimum Gasteiger partial charge on any atom is -0.495 e. The highest BCUT2D eigenvalue weighted by atomic mass is 32.2. The number of rotatable bonds is 7. The van der Waals surface area contributed by atoms with Crippen molar-refractivity contribution in [1.29, 1.82) is 0 Å². The molecule has 7 nitrogen and oxygen atoms in total. The topological polar surface area (TPSA) is 116 Å². The molecule has 0 fully saturated rings. The van der Waals surface area contributed by atoms with Gasteiger partial charge in [0, 0.05) is 18.8 Å². The Bertz CT molecular complexity index is 982. The van der Waals surface area contributed by atoms with E-state index in [0.717, 1.165) is 23.4 Å². The normalized spacial score (nSPS) is 13.4. The number of methoxy groups -OCH3 is 1. The summed E-state index contributed by atoms with van der Waals surface area (Å²) in [6.45, 7) is 1.91. The van der Waals surface area contributed by atoms with Gasteiger partial charge in [0.2, 0.25) is 10.0 Å². The standard InChI is InChI=1S/C17H22N2O5S2/c1-12(18)14-6-4-13(5-7-14)11-19-26(22,23)17-10-15(25(3,20)21)8-9-16(17)24-2/h4-10,12,19H,11,18H2,1-3H3. The fourth-order valence-electron chi connectivity index (χ4n) is 2.29.